The van der Waals surface area contributed by atoms with E-state index >= 15 is 0 Å². The van der Waals surface area contributed by atoms with E-state index in [0.29, 0.717) is 13.1 Å². The highest BCUT2D eigenvalue weighted by atomic mass is 16.5. The van der Waals surface area contributed by atoms with E-state index in [-0.39, 0.29) is 12.1 Å². The highest BCUT2D eigenvalue weighted by molar-refractivity contribution is 5.73. The molecule has 2 saturated heterocycles. The molecule has 3 rings (SSSR count). The minimum atomic E-state index is -0.157. The Kier molecular flexibility index (Phi) is 6.47. The van der Waals surface area contributed by atoms with Gasteiger partial charge in [-0.2, -0.15) is 0 Å². The zero-order chi connectivity index (χ0) is 17.5. The van der Waals surface area contributed by atoms with E-state index in [1.807, 2.05) is 18.3 Å². The van der Waals surface area contributed by atoms with E-state index in [1.54, 1.807) is 0 Å². The van der Waals surface area contributed by atoms with E-state index in [9.17, 15) is 4.79 Å². The molecule has 7 nitrogen and oxygen atoms in total. The Morgan fingerprint density at radius 1 is 1.24 bits per heavy atom. The lowest BCUT2D eigenvalue weighted by Gasteiger charge is -2.21. The molecule has 1 atom stereocenters. The van der Waals surface area contributed by atoms with Crippen LogP contribution in [-0.2, 0) is 11.3 Å². The zero-order valence-corrected chi connectivity index (χ0v) is 15.0. The number of hydrogen-bond donors (Lipinski definition) is 2. The molecule has 0 spiro atoms. The second-order valence-electron chi connectivity index (χ2n) is 6.87. The minimum absolute atomic E-state index is 0.157. The molecule has 0 aromatic carbocycles. The van der Waals surface area contributed by atoms with Gasteiger partial charge in [0.1, 0.15) is 5.82 Å². The first kappa shape index (κ1) is 17.9. The summed E-state index contributed by atoms with van der Waals surface area (Å²) in [6.45, 7) is 6.11. The van der Waals surface area contributed by atoms with Gasteiger partial charge in [0.15, 0.2) is 0 Å². The maximum absolute atomic E-state index is 11.8. The first-order valence-electron chi connectivity index (χ1n) is 9.22. The predicted molar refractivity (Wildman–Crippen MR) is 97.8 cm³/mol. The van der Waals surface area contributed by atoms with Crippen molar-refractivity contribution in [1.82, 2.24) is 20.5 Å². The molecule has 25 heavy (non-hydrogen) atoms. The maximum Gasteiger partial charge on any atom is 0.315 e. The van der Waals surface area contributed by atoms with Crippen LogP contribution >= 0.6 is 0 Å². The molecule has 0 unspecified atom stereocenters. The third kappa shape index (κ3) is 5.57. The number of carbonyl (C=O) groups is 1. The smallest absolute Gasteiger partial charge is 0.315 e. The van der Waals surface area contributed by atoms with E-state index in [1.165, 1.54) is 0 Å². The molecule has 3 heterocycles. The number of pyridine rings is 1. The van der Waals surface area contributed by atoms with Crippen molar-refractivity contribution in [2.45, 2.75) is 31.9 Å². The number of ether oxygens (including phenoxy) is 1. The zero-order valence-electron chi connectivity index (χ0n) is 15.0. The van der Waals surface area contributed by atoms with Crippen LogP contribution < -0.4 is 15.5 Å². The fourth-order valence-corrected chi connectivity index (χ4v) is 3.24. The first-order chi connectivity index (χ1) is 12.2. The van der Waals surface area contributed by atoms with Crippen molar-refractivity contribution < 1.29 is 9.53 Å². The number of carbonyl (C=O) groups excluding carboxylic acids is 1. The lowest BCUT2D eigenvalue weighted by atomic mass is 10.2. The van der Waals surface area contributed by atoms with Crippen molar-refractivity contribution in [3.8, 4) is 0 Å². The molecule has 2 aliphatic rings. The van der Waals surface area contributed by atoms with Gasteiger partial charge in [0.05, 0.1) is 6.10 Å². The summed E-state index contributed by atoms with van der Waals surface area (Å²) in [5, 5.41) is 5.73. The molecule has 1 aromatic rings. The third-order valence-electron chi connectivity index (χ3n) is 4.82. The Labute approximate surface area is 149 Å². The highest BCUT2D eigenvalue weighted by Crippen LogP contribution is 2.14. The molecular weight excluding hydrogens is 318 g/mol. The van der Waals surface area contributed by atoms with Crippen LogP contribution in [0.15, 0.2) is 18.3 Å². The number of amides is 2. The number of nitrogens with zero attached hydrogens (tertiary/aromatic N) is 3. The Balaban J connectivity index is 1.41. The molecule has 2 amide bonds. The van der Waals surface area contributed by atoms with Crippen LogP contribution in [0.2, 0.25) is 0 Å². The number of nitrogens with one attached hydrogen (secondary N) is 2. The second kappa shape index (κ2) is 9.01. The van der Waals surface area contributed by atoms with Gasteiger partial charge in [0.2, 0.25) is 0 Å². The predicted octanol–water partition coefficient (Wildman–Crippen LogP) is 1.20. The van der Waals surface area contributed by atoms with Crippen LogP contribution in [0.3, 0.4) is 0 Å². The van der Waals surface area contributed by atoms with Gasteiger partial charge in [-0.15, -0.1) is 0 Å². The second-order valence-corrected chi connectivity index (χ2v) is 6.87. The van der Waals surface area contributed by atoms with Crippen molar-refractivity contribution in [3.05, 3.63) is 23.9 Å². The number of hydrogen-bond acceptors (Lipinski definition) is 5. The van der Waals surface area contributed by atoms with Crippen LogP contribution in [0.25, 0.3) is 0 Å². The lowest BCUT2D eigenvalue weighted by molar-refractivity contribution is 0.111. The summed E-state index contributed by atoms with van der Waals surface area (Å²) in [5.41, 5.74) is 1.00. The van der Waals surface area contributed by atoms with Crippen molar-refractivity contribution >= 4 is 11.8 Å². The van der Waals surface area contributed by atoms with Crippen molar-refractivity contribution in [2.24, 2.45) is 0 Å². The summed E-state index contributed by atoms with van der Waals surface area (Å²) in [5.74, 6) is 1.02. The number of urea groups is 1. The number of likely N-dealkylation sites (N-methyl/N-ethyl adjacent to an activating group) is 1. The molecule has 0 aliphatic carbocycles. The van der Waals surface area contributed by atoms with Crippen molar-refractivity contribution in [2.75, 3.05) is 51.3 Å². The van der Waals surface area contributed by atoms with E-state index in [4.69, 9.17) is 4.74 Å². The number of rotatable bonds is 5. The van der Waals surface area contributed by atoms with E-state index in [0.717, 1.165) is 63.4 Å². The lowest BCUT2D eigenvalue weighted by Crippen LogP contribution is -2.39. The maximum atomic E-state index is 11.8. The Hall–Kier alpha value is -1.86. The molecule has 0 radical (unpaired) electrons. The molecule has 138 valence electrons. The third-order valence-corrected chi connectivity index (χ3v) is 4.82. The summed E-state index contributed by atoms with van der Waals surface area (Å²) in [6.07, 6.45) is 5.29. The molecule has 2 fully saturated rings. The Morgan fingerprint density at radius 2 is 2.16 bits per heavy atom. The summed E-state index contributed by atoms with van der Waals surface area (Å²) in [6, 6.07) is 3.93. The Morgan fingerprint density at radius 3 is 2.92 bits per heavy atom. The normalized spacial score (nSPS) is 21.8. The monoisotopic (exact) mass is 347 g/mol. The van der Waals surface area contributed by atoms with E-state index in [2.05, 4.69) is 32.5 Å². The van der Waals surface area contributed by atoms with Crippen molar-refractivity contribution in [1.29, 1.82) is 0 Å². The van der Waals surface area contributed by atoms with Crippen LogP contribution in [-0.4, -0.2) is 68.4 Å². The van der Waals surface area contributed by atoms with Crippen LogP contribution in [0.1, 0.15) is 24.8 Å². The van der Waals surface area contributed by atoms with Gasteiger partial charge in [0, 0.05) is 45.5 Å². The molecule has 7 heteroatoms. The SMILES string of the molecule is CN1CCCN(c2ccc(CNC(=O)NC[C@@H]3CCCO3)cn2)CC1. The fraction of sp³-hybridized carbons (Fsp3) is 0.667. The van der Waals surface area contributed by atoms with Crippen LogP contribution in [0.5, 0.6) is 0 Å². The number of anilines is 1. The molecule has 1 aromatic heterocycles. The van der Waals surface area contributed by atoms with Gasteiger partial charge >= 0.3 is 6.03 Å². The van der Waals surface area contributed by atoms with Gasteiger partial charge in [-0.25, -0.2) is 9.78 Å². The fourth-order valence-electron chi connectivity index (χ4n) is 3.24. The quantitative estimate of drug-likeness (QED) is 0.838. The topological polar surface area (TPSA) is 69.7 Å². The largest absolute Gasteiger partial charge is 0.376 e. The molecule has 2 aliphatic heterocycles. The van der Waals surface area contributed by atoms with Gasteiger partial charge in [0.25, 0.3) is 0 Å². The van der Waals surface area contributed by atoms with Crippen LogP contribution in [0, 0.1) is 0 Å². The highest BCUT2D eigenvalue weighted by Gasteiger charge is 2.16. The van der Waals surface area contributed by atoms with Gasteiger partial charge in [-0.3, -0.25) is 0 Å². The number of aromatic nitrogens is 1. The van der Waals surface area contributed by atoms with Crippen LogP contribution in [0.4, 0.5) is 10.6 Å². The summed E-state index contributed by atoms with van der Waals surface area (Å²) < 4.78 is 5.49. The molecule has 2 N–H and O–H groups in total. The summed E-state index contributed by atoms with van der Waals surface area (Å²) in [4.78, 5) is 21.1. The van der Waals surface area contributed by atoms with Gasteiger partial charge < -0.3 is 25.2 Å². The molecule has 0 saturated carbocycles. The summed E-state index contributed by atoms with van der Waals surface area (Å²) >= 11 is 0. The minimum Gasteiger partial charge on any atom is -0.376 e. The standard InChI is InChI=1S/C18H29N5O2/c1-22-7-3-8-23(10-9-22)17-6-5-15(12-19-17)13-20-18(24)21-14-16-4-2-11-25-16/h5-6,12,16H,2-4,7-11,13-14H2,1H3,(H2,20,21,24)/t16-/m0/s1. The summed E-state index contributed by atoms with van der Waals surface area (Å²) in [7, 11) is 2.16. The van der Waals surface area contributed by atoms with Crippen molar-refractivity contribution in [3.63, 3.8) is 0 Å². The average molecular weight is 347 g/mol. The molecular formula is C18H29N5O2. The Bertz CT molecular complexity index is 545. The average Bonchev–Trinajstić information content (AvgIpc) is 3.06. The molecule has 0 bridgehead atoms. The van der Waals surface area contributed by atoms with Gasteiger partial charge in [-0.1, -0.05) is 6.07 Å². The first-order valence-corrected chi connectivity index (χ1v) is 9.22. The van der Waals surface area contributed by atoms with Gasteiger partial charge in [-0.05, 0) is 44.5 Å². The van der Waals surface area contributed by atoms with E-state index < -0.39 is 0 Å².